The monoisotopic (exact) mass is 280 g/mol. The average Bonchev–Trinajstić information content (AvgIpc) is 2.53. The molecule has 6 heteroatoms. The van der Waals surface area contributed by atoms with Crippen LogP contribution in [0.15, 0.2) is 42.5 Å². The van der Waals surface area contributed by atoms with Gasteiger partial charge in [0.05, 0.1) is 12.7 Å². The Kier molecular flexibility index (Phi) is 3.19. The maximum Gasteiger partial charge on any atom is 0.250 e. The molecule has 21 heavy (non-hydrogen) atoms. The number of amides is 1. The number of ether oxygens (including phenoxy) is 1. The maximum absolute atomic E-state index is 11.5. The van der Waals surface area contributed by atoms with Crippen molar-refractivity contribution in [1.82, 2.24) is 15.2 Å². The molecule has 0 spiro atoms. The summed E-state index contributed by atoms with van der Waals surface area (Å²) >= 11 is 0. The molecule has 104 valence electrons. The van der Waals surface area contributed by atoms with Crippen LogP contribution in [-0.4, -0.2) is 28.2 Å². The second-order valence-corrected chi connectivity index (χ2v) is 4.40. The Labute approximate surface area is 120 Å². The van der Waals surface area contributed by atoms with E-state index >= 15 is 0 Å². The number of carbonyl (C=O) groups excluding carboxylic acids is 1. The summed E-state index contributed by atoms with van der Waals surface area (Å²) in [6.45, 7) is 0. The van der Waals surface area contributed by atoms with Gasteiger partial charge in [0.25, 0.3) is 5.91 Å². The Morgan fingerprint density at radius 1 is 1.10 bits per heavy atom. The topological polar surface area (TPSA) is 91.0 Å². The van der Waals surface area contributed by atoms with Crippen molar-refractivity contribution in [3.05, 3.63) is 48.0 Å². The van der Waals surface area contributed by atoms with Crippen molar-refractivity contribution in [2.24, 2.45) is 5.73 Å². The zero-order valence-electron chi connectivity index (χ0n) is 11.3. The van der Waals surface area contributed by atoms with E-state index in [1.165, 1.54) is 0 Å². The quantitative estimate of drug-likeness (QED) is 0.790. The van der Waals surface area contributed by atoms with Gasteiger partial charge in [0.2, 0.25) is 0 Å². The third-order valence-electron chi connectivity index (χ3n) is 3.10. The van der Waals surface area contributed by atoms with Gasteiger partial charge in [0, 0.05) is 5.56 Å². The number of methoxy groups -OCH3 is 1. The van der Waals surface area contributed by atoms with E-state index in [9.17, 15) is 4.79 Å². The van der Waals surface area contributed by atoms with Crippen molar-refractivity contribution in [3.63, 3.8) is 0 Å². The summed E-state index contributed by atoms with van der Waals surface area (Å²) < 4.78 is 5.11. The Bertz CT molecular complexity index is 816. The van der Waals surface area contributed by atoms with Crippen LogP contribution in [0.3, 0.4) is 0 Å². The normalized spacial score (nSPS) is 10.5. The molecule has 1 aromatic heterocycles. The van der Waals surface area contributed by atoms with Crippen LogP contribution >= 0.6 is 0 Å². The van der Waals surface area contributed by atoms with E-state index in [2.05, 4.69) is 15.2 Å². The molecule has 3 rings (SSSR count). The van der Waals surface area contributed by atoms with Crippen molar-refractivity contribution >= 4 is 16.9 Å². The highest BCUT2D eigenvalue weighted by Crippen LogP contribution is 2.21. The van der Waals surface area contributed by atoms with Crippen molar-refractivity contribution in [2.75, 3.05) is 7.11 Å². The van der Waals surface area contributed by atoms with Crippen molar-refractivity contribution in [2.45, 2.75) is 0 Å². The van der Waals surface area contributed by atoms with E-state index in [4.69, 9.17) is 10.5 Å². The minimum absolute atomic E-state index is 0.331. The predicted molar refractivity (Wildman–Crippen MR) is 77.8 cm³/mol. The van der Waals surface area contributed by atoms with Gasteiger partial charge in [-0.1, -0.05) is 6.07 Å². The zero-order chi connectivity index (χ0) is 14.8. The van der Waals surface area contributed by atoms with E-state index in [1.54, 1.807) is 25.3 Å². The van der Waals surface area contributed by atoms with Crippen LogP contribution < -0.4 is 10.5 Å². The predicted octanol–water partition coefficient (Wildman–Crippen LogP) is 1.80. The summed E-state index contributed by atoms with van der Waals surface area (Å²) in [4.78, 5) is 15.9. The van der Waals surface area contributed by atoms with Gasteiger partial charge in [-0.15, -0.1) is 10.2 Å². The first-order valence-electron chi connectivity index (χ1n) is 6.26. The molecule has 1 amide bonds. The zero-order valence-corrected chi connectivity index (χ0v) is 11.3. The van der Waals surface area contributed by atoms with Crippen molar-refractivity contribution in [3.8, 4) is 17.1 Å². The number of carbonyl (C=O) groups is 1. The lowest BCUT2D eigenvalue weighted by Gasteiger charge is -2.05. The first-order chi connectivity index (χ1) is 10.2. The number of rotatable bonds is 3. The number of fused-ring (bicyclic) bond motifs is 1. The summed E-state index contributed by atoms with van der Waals surface area (Å²) in [5.74, 6) is 0.631. The molecule has 2 aromatic carbocycles. The lowest BCUT2D eigenvalue weighted by molar-refractivity contribution is 0.100. The number of para-hydroxylation sites is 1. The van der Waals surface area contributed by atoms with Gasteiger partial charge in [-0.2, -0.15) is 0 Å². The molecule has 0 saturated carbocycles. The SMILES string of the molecule is COc1ccc(-c2nnc3cccc(C(N)=O)c3n2)cc1. The van der Waals surface area contributed by atoms with E-state index in [0.717, 1.165) is 11.3 Å². The highest BCUT2D eigenvalue weighted by Gasteiger charge is 2.11. The Balaban J connectivity index is 2.15. The largest absolute Gasteiger partial charge is 0.497 e. The van der Waals surface area contributed by atoms with Gasteiger partial charge in [0.15, 0.2) is 5.82 Å². The first kappa shape index (κ1) is 13.0. The smallest absolute Gasteiger partial charge is 0.250 e. The average molecular weight is 280 g/mol. The minimum Gasteiger partial charge on any atom is -0.497 e. The molecule has 0 unspecified atom stereocenters. The molecule has 0 atom stereocenters. The molecule has 0 saturated heterocycles. The Morgan fingerprint density at radius 3 is 2.52 bits per heavy atom. The van der Waals surface area contributed by atoms with Crippen LogP contribution in [0.4, 0.5) is 0 Å². The number of nitrogens with zero attached hydrogens (tertiary/aromatic N) is 3. The van der Waals surface area contributed by atoms with Crippen LogP contribution in [0, 0.1) is 0 Å². The van der Waals surface area contributed by atoms with Crippen molar-refractivity contribution in [1.29, 1.82) is 0 Å². The molecule has 1 heterocycles. The number of primary amides is 1. The van der Waals surface area contributed by atoms with Crippen LogP contribution in [0.5, 0.6) is 5.75 Å². The number of benzene rings is 2. The minimum atomic E-state index is -0.540. The molecule has 0 radical (unpaired) electrons. The third-order valence-corrected chi connectivity index (χ3v) is 3.10. The lowest BCUT2D eigenvalue weighted by atomic mass is 10.1. The number of aromatic nitrogens is 3. The Morgan fingerprint density at radius 2 is 1.86 bits per heavy atom. The molecular formula is C15H12N4O2. The molecule has 2 N–H and O–H groups in total. The number of nitrogens with two attached hydrogens (primary N) is 1. The van der Waals surface area contributed by atoms with E-state index < -0.39 is 5.91 Å². The number of hydrogen-bond acceptors (Lipinski definition) is 5. The molecule has 0 fully saturated rings. The van der Waals surface area contributed by atoms with Gasteiger partial charge in [-0.25, -0.2) is 4.98 Å². The molecular weight excluding hydrogens is 268 g/mol. The van der Waals surface area contributed by atoms with Crippen LogP contribution in [-0.2, 0) is 0 Å². The maximum atomic E-state index is 11.5. The van der Waals surface area contributed by atoms with Gasteiger partial charge < -0.3 is 10.5 Å². The summed E-state index contributed by atoms with van der Waals surface area (Å²) in [7, 11) is 1.60. The summed E-state index contributed by atoms with van der Waals surface area (Å²) in [6.07, 6.45) is 0. The van der Waals surface area contributed by atoms with Gasteiger partial charge >= 0.3 is 0 Å². The third kappa shape index (κ3) is 2.38. The van der Waals surface area contributed by atoms with Gasteiger partial charge in [-0.3, -0.25) is 4.79 Å². The fourth-order valence-corrected chi connectivity index (χ4v) is 2.02. The second-order valence-electron chi connectivity index (χ2n) is 4.40. The number of hydrogen-bond donors (Lipinski definition) is 1. The summed E-state index contributed by atoms with van der Waals surface area (Å²) in [5, 5.41) is 8.17. The van der Waals surface area contributed by atoms with Crippen LogP contribution in [0.1, 0.15) is 10.4 Å². The highest BCUT2D eigenvalue weighted by atomic mass is 16.5. The second kappa shape index (κ2) is 5.16. The fourth-order valence-electron chi connectivity index (χ4n) is 2.02. The van der Waals surface area contributed by atoms with Crippen LogP contribution in [0.2, 0.25) is 0 Å². The van der Waals surface area contributed by atoms with E-state index in [0.29, 0.717) is 22.4 Å². The molecule has 0 aliphatic rings. The van der Waals surface area contributed by atoms with Crippen molar-refractivity contribution < 1.29 is 9.53 Å². The molecule has 0 aliphatic heterocycles. The molecule has 0 aliphatic carbocycles. The van der Waals surface area contributed by atoms with E-state index in [-0.39, 0.29) is 0 Å². The lowest BCUT2D eigenvalue weighted by Crippen LogP contribution is -2.12. The molecule has 6 nitrogen and oxygen atoms in total. The first-order valence-corrected chi connectivity index (χ1v) is 6.26. The van der Waals surface area contributed by atoms with Gasteiger partial charge in [-0.05, 0) is 36.4 Å². The van der Waals surface area contributed by atoms with Crippen LogP contribution in [0.25, 0.3) is 22.4 Å². The summed E-state index contributed by atoms with van der Waals surface area (Å²) in [6, 6.07) is 12.3. The van der Waals surface area contributed by atoms with Gasteiger partial charge in [0.1, 0.15) is 16.8 Å². The highest BCUT2D eigenvalue weighted by molar-refractivity contribution is 6.03. The standard InChI is InChI=1S/C15H12N4O2/c1-21-10-7-5-9(6-8-10)15-17-13-11(14(16)20)3-2-4-12(13)18-19-15/h2-8H,1H3,(H2,16,20). The Hall–Kier alpha value is -3.02. The summed E-state index contributed by atoms with van der Waals surface area (Å²) in [5.41, 5.74) is 7.46. The fraction of sp³-hybridized carbons (Fsp3) is 0.0667. The van der Waals surface area contributed by atoms with E-state index in [1.807, 2.05) is 24.3 Å². The molecule has 0 bridgehead atoms. The molecule has 3 aromatic rings.